The van der Waals surface area contributed by atoms with Gasteiger partial charge in [-0.15, -0.1) is 12.4 Å². The number of hydrogen-bond donors (Lipinski definition) is 2. The van der Waals surface area contributed by atoms with Crippen LogP contribution >= 0.6 is 12.4 Å². The van der Waals surface area contributed by atoms with Crippen molar-refractivity contribution in [3.05, 3.63) is 30.1 Å². The van der Waals surface area contributed by atoms with E-state index in [0.29, 0.717) is 5.69 Å². The van der Waals surface area contributed by atoms with Gasteiger partial charge < -0.3 is 16.0 Å². The predicted octanol–water partition coefficient (Wildman–Crippen LogP) is 1.77. The second kappa shape index (κ2) is 8.59. The van der Waals surface area contributed by atoms with Gasteiger partial charge in [0.05, 0.1) is 6.04 Å². The van der Waals surface area contributed by atoms with Gasteiger partial charge in [-0.25, -0.2) is 4.39 Å². The first-order valence-electron chi connectivity index (χ1n) is 6.42. The molecule has 0 spiro atoms. The molecule has 1 atom stereocenters. The van der Waals surface area contributed by atoms with Gasteiger partial charge >= 0.3 is 0 Å². The summed E-state index contributed by atoms with van der Waals surface area (Å²) in [6.45, 7) is 5.11. The second-order valence-corrected chi connectivity index (χ2v) is 4.90. The lowest BCUT2D eigenvalue weighted by molar-refractivity contribution is -0.137. The highest BCUT2D eigenvalue weighted by Gasteiger charge is 2.22. The summed E-state index contributed by atoms with van der Waals surface area (Å²) in [6, 6.07) is 4.63. The number of nitrogens with zero attached hydrogens (tertiary/aromatic N) is 1. The maximum atomic E-state index is 12.8. The quantitative estimate of drug-likeness (QED) is 0.869. The number of benzene rings is 1. The third kappa shape index (κ3) is 6.10. The van der Waals surface area contributed by atoms with Crippen LogP contribution in [0.1, 0.15) is 20.8 Å². The highest BCUT2D eigenvalue weighted by molar-refractivity contribution is 5.95. The number of carbonyl (C=O) groups is 2. The average molecular weight is 318 g/mol. The fraction of sp³-hybridized carbons (Fsp3) is 0.429. The Morgan fingerprint density at radius 1 is 1.24 bits per heavy atom. The predicted molar refractivity (Wildman–Crippen MR) is 82.8 cm³/mol. The third-order valence-corrected chi connectivity index (χ3v) is 2.74. The summed E-state index contributed by atoms with van der Waals surface area (Å²) < 4.78 is 12.8. The Bertz CT molecular complexity index is 478. The highest BCUT2D eigenvalue weighted by Crippen LogP contribution is 2.09. The van der Waals surface area contributed by atoms with Crippen LogP contribution in [-0.2, 0) is 9.59 Å². The second-order valence-electron chi connectivity index (χ2n) is 4.90. The van der Waals surface area contributed by atoms with Crippen LogP contribution in [-0.4, -0.2) is 35.3 Å². The zero-order valence-corrected chi connectivity index (χ0v) is 13.1. The molecule has 5 nitrogen and oxygen atoms in total. The highest BCUT2D eigenvalue weighted by atomic mass is 35.5. The van der Waals surface area contributed by atoms with E-state index in [9.17, 15) is 14.0 Å². The largest absolute Gasteiger partial charge is 0.330 e. The maximum absolute atomic E-state index is 12.8. The lowest BCUT2D eigenvalue weighted by Crippen LogP contribution is -2.48. The zero-order chi connectivity index (χ0) is 15.3. The number of anilines is 1. The van der Waals surface area contributed by atoms with E-state index in [-0.39, 0.29) is 42.6 Å². The molecule has 0 saturated carbocycles. The molecule has 0 heterocycles. The Kier molecular flexibility index (Phi) is 7.91. The summed E-state index contributed by atoms with van der Waals surface area (Å²) in [5.41, 5.74) is 6.03. The van der Waals surface area contributed by atoms with E-state index in [4.69, 9.17) is 5.73 Å². The Balaban J connectivity index is 0.00000400. The van der Waals surface area contributed by atoms with Crippen LogP contribution in [0.3, 0.4) is 0 Å². The molecule has 0 radical (unpaired) electrons. The molecule has 0 aliphatic rings. The van der Waals surface area contributed by atoms with E-state index in [1.165, 1.54) is 29.2 Å². The Morgan fingerprint density at radius 3 is 2.19 bits per heavy atom. The summed E-state index contributed by atoms with van der Waals surface area (Å²) in [5.74, 6) is -1.01. The van der Waals surface area contributed by atoms with E-state index < -0.39 is 6.04 Å². The van der Waals surface area contributed by atoms with Crippen LogP contribution in [0.2, 0.25) is 0 Å². The van der Waals surface area contributed by atoms with Crippen LogP contribution in [0.15, 0.2) is 24.3 Å². The first kappa shape index (κ1) is 19.3. The monoisotopic (exact) mass is 317 g/mol. The van der Waals surface area contributed by atoms with Gasteiger partial charge in [-0.05, 0) is 45.0 Å². The van der Waals surface area contributed by atoms with Crippen molar-refractivity contribution >= 4 is 29.9 Å². The van der Waals surface area contributed by atoms with Crippen molar-refractivity contribution in [2.24, 2.45) is 5.73 Å². The van der Waals surface area contributed by atoms with E-state index in [1.807, 2.05) is 13.8 Å². The van der Waals surface area contributed by atoms with Crippen molar-refractivity contribution in [3.63, 3.8) is 0 Å². The van der Waals surface area contributed by atoms with Gasteiger partial charge in [-0.3, -0.25) is 9.59 Å². The van der Waals surface area contributed by atoms with Crippen LogP contribution in [0.25, 0.3) is 0 Å². The minimum atomic E-state index is -0.656. The summed E-state index contributed by atoms with van der Waals surface area (Å²) >= 11 is 0. The van der Waals surface area contributed by atoms with Crippen molar-refractivity contribution in [2.75, 3.05) is 11.9 Å². The number of carbonyl (C=O) groups excluding carboxylic acids is 2. The topological polar surface area (TPSA) is 75.4 Å². The van der Waals surface area contributed by atoms with Crippen molar-refractivity contribution in [1.29, 1.82) is 0 Å². The minimum Gasteiger partial charge on any atom is -0.330 e. The Hall–Kier alpha value is -1.66. The standard InChI is InChI=1S/C14H20FN3O2.ClH/c1-9(2)18(14(20)10(3)16)8-13(19)17-12-6-4-11(15)5-7-12;/h4-7,9-10H,8,16H2,1-3H3,(H,17,19);1H/t10-;/m0./s1. The van der Waals surface area contributed by atoms with Gasteiger partial charge in [0.15, 0.2) is 0 Å². The Labute approximate surface area is 130 Å². The lowest BCUT2D eigenvalue weighted by atomic mass is 10.2. The normalized spacial score (nSPS) is 11.5. The number of amides is 2. The van der Waals surface area contributed by atoms with Crippen molar-refractivity contribution < 1.29 is 14.0 Å². The molecule has 2 amide bonds. The molecule has 0 aromatic heterocycles. The fourth-order valence-electron chi connectivity index (χ4n) is 1.66. The number of nitrogens with one attached hydrogen (secondary N) is 1. The molecule has 118 valence electrons. The first-order chi connectivity index (χ1) is 9.31. The van der Waals surface area contributed by atoms with Crippen LogP contribution in [0.5, 0.6) is 0 Å². The van der Waals surface area contributed by atoms with Crippen molar-refractivity contribution in [3.8, 4) is 0 Å². The van der Waals surface area contributed by atoms with Gasteiger partial charge in [0, 0.05) is 11.7 Å². The maximum Gasteiger partial charge on any atom is 0.244 e. The van der Waals surface area contributed by atoms with E-state index in [2.05, 4.69) is 5.32 Å². The Morgan fingerprint density at radius 2 is 1.76 bits per heavy atom. The molecule has 0 aliphatic carbocycles. The number of hydrogen-bond acceptors (Lipinski definition) is 3. The first-order valence-corrected chi connectivity index (χ1v) is 6.42. The van der Waals surface area contributed by atoms with Gasteiger partial charge in [0.25, 0.3) is 0 Å². The van der Waals surface area contributed by atoms with Gasteiger partial charge in [-0.1, -0.05) is 0 Å². The number of nitrogens with two attached hydrogens (primary N) is 1. The molecule has 1 rings (SSSR count). The summed E-state index contributed by atoms with van der Waals surface area (Å²) in [5, 5.41) is 2.61. The molecule has 1 aromatic carbocycles. The lowest BCUT2D eigenvalue weighted by Gasteiger charge is -2.27. The molecule has 3 N–H and O–H groups in total. The molecule has 1 aromatic rings. The summed E-state index contributed by atoms with van der Waals surface area (Å²) in [6.07, 6.45) is 0. The molecule has 0 bridgehead atoms. The molecule has 0 unspecified atom stereocenters. The zero-order valence-electron chi connectivity index (χ0n) is 12.3. The summed E-state index contributed by atoms with van der Waals surface area (Å²) in [7, 11) is 0. The number of rotatable bonds is 5. The van der Waals surface area contributed by atoms with Crippen molar-refractivity contribution in [1.82, 2.24) is 4.90 Å². The molecule has 7 heteroatoms. The molecular formula is C14H21ClFN3O2. The minimum absolute atomic E-state index is 0. The molecule has 0 aliphatic heterocycles. The van der Waals surface area contributed by atoms with E-state index >= 15 is 0 Å². The average Bonchev–Trinajstić information content (AvgIpc) is 2.37. The van der Waals surface area contributed by atoms with Crippen LogP contribution < -0.4 is 11.1 Å². The fourth-order valence-corrected chi connectivity index (χ4v) is 1.66. The van der Waals surface area contributed by atoms with Gasteiger partial charge in [0.1, 0.15) is 12.4 Å². The smallest absolute Gasteiger partial charge is 0.244 e. The molecule has 0 saturated heterocycles. The molecular weight excluding hydrogens is 297 g/mol. The third-order valence-electron chi connectivity index (χ3n) is 2.74. The van der Waals surface area contributed by atoms with Gasteiger partial charge in [-0.2, -0.15) is 0 Å². The van der Waals surface area contributed by atoms with Crippen LogP contribution in [0.4, 0.5) is 10.1 Å². The van der Waals surface area contributed by atoms with Gasteiger partial charge in [0.2, 0.25) is 11.8 Å². The van der Waals surface area contributed by atoms with Crippen molar-refractivity contribution in [2.45, 2.75) is 32.9 Å². The van der Waals surface area contributed by atoms with Crippen LogP contribution in [0, 0.1) is 5.82 Å². The number of halogens is 2. The van der Waals surface area contributed by atoms with E-state index in [1.54, 1.807) is 6.92 Å². The molecule has 0 fully saturated rings. The summed E-state index contributed by atoms with van der Waals surface area (Å²) in [4.78, 5) is 25.2. The molecule has 21 heavy (non-hydrogen) atoms. The SMILES string of the molecule is CC(C)N(CC(=O)Nc1ccc(F)cc1)C(=O)[C@H](C)N.Cl. The van der Waals surface area contributed by atoms with E-state index in [0.717, 1.165) is 0 Å².